The van der Waals surface area contributed by atoms with Gasteiger partial charge < -0.3 is 25.8 Å². The first-order valence-corrected chi connectivity index (χ1v) is 4.81. The molecule has 1 rings (SSSR count). The van der Waals surface area contributed by atoms with Crippen LogP contribution in [0.2, 0.25) is 0 Å². The Morgan fingerprint density at radius 1 is 1.53 bits per heavy atom. The molecule has 0 unspecified atom stereocenters. The summed E-state index contributed by atoms with van der Waals surface area (Å²) >= 11 is 0. The minimum Gasteiger partial charge on any atom is -0.467 e. The van der Waals surface area contributed by atoms with Crippen LogP contribution in [0.1, 0.15) is 12.8 Å². The Morgan fingerprint density at radius 3 is 2.60 bits per heavy atom. The van der Waals surface area contributed by atoms with Crippen molar-refractivity contribution >= 4 is 5.97 Å². The molecule has 0 spiro atoms. The molecule has 0 aliphatic heterocycles. The van der Waals surface area contributed by atoms with E-state index in [1.54, 1.807) is 0 Å². The van der Waals surface area contributed by atoms with E-state index < -0.39 is 29.7 Å². The minimum atomic E-state index is -1.74. The van der Waals surface area contributed by atoms with Crippen LogP contribution in [0.25, 0.3) is 0 Å². The molecule has 1 aliphatic carbocycles. The number of aliphatic hydroxyl groups is 3. The first-order valence-electron chi connectivity index (χ1n) is 4.81. The van der Waals surface area contributed by atoms with Crippen LogP contribution >= 0.6 is 0 Å². The second-order valence-corrected chi connectivity index (χ2v) is 3.99. The Morgan fingerprint density at radius 2 is 2.13 bits per heavy atom. The summed E-state index contributed by atoms with van der Waals surface area (Å²) < 4.78 is 4.45. The zero-order chi connectivity index (χ0) is 11.6. The molecule has 0 aromatic heterocycles. The van der Waals surface area contributed by atoms with Gasteiger partial charge in [-0.2, -0.15) is 0 Å². The Labute approximate surface area is 87.7 Å². The Hall–Kier alpha value is -0.690. The van der Waals surface area contributed by atoms with Gasteiger partial charge in [-0.05, 0) is 13.0 Å². The van der Waals surface area contributed by atoms with Gasteiger partial charge in [-0.3, -0.25) is 0 Å². The third-order valence-electron chi connectivity index (χ3n) is 2.89. The number of nitrogens with two attached hydrogens (primary N) is 1. The third-order valence-corrected chi connectivity index (χ3v) is 2.89. The first kappa shape index (κ1) is 12.4. The maximum absolute atomic E-state index is 11.3. The molecule has 0 aromatic carbocycles. The van der Waals surface area contributed by atoms with Crippen LogP contribution in [0.4, 0.5) is 0 Å². The lowest BCUT2D eigenvalue weighted by Gasteiger charge is -2.40. The predicted octanol–water partition coefficient (Wildman–Crippen LogP) is -2.02. The standard InChI is InChI=1S/C9H17NO5/c1-15-8(13)9(14)2-5(4-10)7(12)6(11)3-9/h5-7,11-12,14H,2-4,10H2,1H3/t5-,6-,7-,9+/m1/s1. The van der Waals surface area contributed by atoms with Gasteiger partial charge >= 0.3 is 5.97 Å². The normalized spacial score (nSPS) is 41.3. The van der Waals surface area contributed by atoms with Crippen LogP contribution in [-0.2, 0) is 9.53 Å². The Kier molecular flexibility index (Phi) is 3.67. The quantitative estimate of drug-likeness (QED) is 0.399. The van der Waals surface area contributed by atoms with Gasteiger partial charge in [0.15, 0.2) is 5.60 Å². The molecular weight excluding hydrogens is 202 g/mol. The lowest BCUT2D eigenvalue weighted by molar-refractivity contribution is -0.181. The lowest BCUT2D eigenvalue weighted by atomic mass is 9.74. The molecule has 1 fully saturated rings. The van der Waals surface area contributed by atoms with Gasteiger partial charge in [0.25, 0.3) is 0 Å². The van der Waals surface area contributed by atoms with Gasteiger partial charge in [-0.15, -0.1) is 0 Å². The SMILES string of the molecule is COC(=O)[C@]1(O)C[C@H](CN)[C@@H](O)[C@H](O)C1. The molecule has 0 amide bonds. The van der Waals surface area contributed by atoms with Crippen molar-refractivity contribution in [3.05, 3.63) is 0 Å². The molecular formula is C9H17NO5. The minimum absolute atomic E-state index is 0.00833. The fourth-order valence-electron chi connectivity index (χ4n) is 2.00. The van der Waals surface area contributed by atoms with E-state index in [-0.39, 0.29) is 19.4 Å². The number of rotatable bonds is 2. The number of carbonyl (C=O) groups excluding carboxylic acids is 1. The van der Waals surface area contributed by atoms with E-state index in [0.29, 0.717) is 0 Å². The number of methoxy groups -OCH3 is 1. The monoisotopic (exact) mass is 219 g/mol. The average Bonchev–Trinajstić information content (AvgIpc) is 2.22. The van der Waals surface area contributed by atoms with Crippen molar-refractivity contribution in [3.63, 3.8) is 0 Å². The fraction of sp³-hybridized carbons (Fsp3) is 0.889. The summed E-state index contributed by atoms with van der Waals surface area (Å²) in [4.78, 5) is 11.3. The van der Waals surface area contributed by atoms with E-state index in [1.807, 2.05) is 0 Å². The third kappa shape index (κ3) is 2.28. The highest BCUT2D eigenvalue weighted by Gasteiger charge is 2.48. The van der Waals surface area contributed by atoms with Crippen LogP contribution in [0.3, 0.4) is 0 Å². The number of esters is 1. The maximum atomic E-state index is 11.3. The molecule has 0 aromatic rings. The molecule has 1 aliphatic rings. The van der Waals surface area contributed by atoms with E-state index in [0.717, 1.165) is 7.11 Å². The van der Waals surface area contributed by atoms with Crippen LogP contribution in [0.5, 0.6) is 0 Å². The Bertz CT molecular complexity index is 247. The van der Waals surface area contributed by atoms with Crippen molar-refractivity contribution in [1.82, 2.24) is 0 Å². The van der Waals surface area contributed by atoms with Crippen LogP contribution in [0, 0.1) is 5.92 Å². The van der Waals surface area contributed by atoms with Crippen molar-refractivity contribution < 1.29 is 24.9 Å². The van der Waals surface area contributed by atoms with Crippen molar-refractivity contribution in [1.29, 1.82) is 0 Å². The van der Waals surface area contributed by atoms with Gasteiger partial charge in [0, 0.05) is 12.3 Å². The molecule has 0 saturated heterocycles. The molecule has 0 heterocycles. The highest BCUT2D eigenvalue weighted by Crippen LogP contribution is 2.33. The molecule has 1 saturated carbocycles. The summed E-state index contributed by atoms with van der Waals surface area (Å²) in [6.07, 6.45) is -2.37. The summed E-state index contributed by atoms with van der Waals surface area (Å²) in [7, 11) is 1.16. The average molecular weight is 219 g/mol. The molecule has 15 heavy (non-hydrogen) atoms. The number of hydrogen-bond donors (Lipinski definition) is 4. The predicted molar refractivity (Wildman–Crippen MR) is 50.8 cm³/mol. The summed E-state index contributed by atoms with van der Waals surface area (Å²) in [6.45, 7) is 0.0948. The molecule has 88 valence electrons. The fourth-order valence-corrected chi connectivity index (χ4v) is 2.00. The smallest absolute Gasteiger partial charge is 0.337 e. The molecule has 0 radical (unpaired) electrons. The van der Waals surface area contributed by atoms with Gasteiger partial charge in [-0.1, -0.05) is 0 Å². The van der Waals surface area contributed by atoms with E-state index in [1.165, 1.54) is 0 Å². The van der Waals surface area contributed by atoms with E-state index in [9.17, 15) is 20.1 Å². The second-order valence-electron chi connectivity index (χ2n) is 3.99. The highest BCUT2D eigenvalue weighted by molar-refractivity contribution is 5.79. The maximum Gasteiger partial charge on any atom is 0.337 e. The Balaban J connectivity index is 2.82. The molecule has 6 heteroatoms. The van der Waals surface area contributed by atoms with Crippen molar-refractivity contribution in [3.8, 4) is 0 Å². The summed E-state index contributed by atoms with van der Waals surface area (Å²) in [5.74, 6) is -1.30. The zero-order valence-corrected chi connectivity index (χ0v) is 8.59. The van der Waals surface area contributed by atoms with E-state index >= 15 is 0 Å². The molecule has 5 N–H and O–H groups in total. The van der Waals surface area contributed by atoms with Gasteiger partial charge in [0.1, 0.15) is 0 Å². The second kappa shape index (κ2) is 4.44. The molecule has 6 nitrogen and oxygen atoms in total. The van der Waals surface area contributed by atoms with Crippen LogP contribution in [0.15, 0.2) is 0 Å². The van der Waals surface area contributed by atoms with Gasteiger partial charge in [0.05, 0.1) is 19.3 Å². The van der Waals surface area contributed by atoms with E-state index in [2.05, 4.69) is 4.74 Å². The summed E-state index contributed by atoms with van der Waals surface area (Å²) in [5, 5.41) is 28.9. The highest BCUT2D eigenvalue weighted by atomic mass is 16.5. The lowest BCUT2D eigenvalue weighted by Crippen LogP contribution is -2.55. The number of carbonyl (C=O) groups is 1. The van der Waals surface area contributed by atoms with Crippen LogP contribution < -0.4 is 5.73 Å². The van der Waals surface area contributed by atoms with E-state index in [4.69, 9.17) is 5.73 Å². The summed E-state index contributed by atoms with van der Waals surface area (Å²) in [5.41, 5.74) is 3.65. The molecule has 4 atom stereocenters. The number of aliphatic hydroxyl groups excluding tert-OH is 2. The largest absolute Gasteiger partial charge is 0.467 e. The molecule has 0 bridgehead atoms. The van der Waals surface area contributed by atoms with Crippen molar-refractivity contribution in [2.75, 3.05) is 13.7 Å². The first-order chi connectivity index (χ1) is 6.94. The van der Waals surface area contributed by atoms with Gasteiger partial charge in [-0.25, -0.2) is 4.79 Å². The number of ether oxygens (including phenoxy) is 1. The van der Waals surface area contributed by atoms with Crippen molar-refractivity contribution in [2.24, 2.45) is 11.7 Å². The van der Waals surface area contributed by atoms with Crippen molar-refractivity contribution in [2.45, 2.75) is 30.7 Å². The summed E-state index contributed by atoms with van der Waals surface area (Å²) in [6, 6.07) is 0. The number of hydrogen-bond acceptors (Lipinski definition) is 6. The zero-order valence-electron chi connectivity index (χ0n) is 8.59. The van der Waals surface area contributed by atoms with Crippen LogP contribution in [-0.4, -0.2) is 52.8 Å². The van der Waals surface area contributed by atoms with Gasteiger partial charge in [0.2, 0.25) is 0 Å². The topological polar surface area (TPSA) is 113 Å².